The van der Waals surface area contributed by atoms with E-state index < -0.39 is 6.10 Å². The number of rotatable bonds is 4. The second-order valence-electron chi connectivity index (χ2n) is 5.52. The van der Waals surface area contributed by atoms with Crippen molar-refractivity contribution < 1.29 is 5.11 Å². The fourth-order valence-electron chi connectivity index (χ4n) is 1.67. The number of aliphatic hydroxyl groups excluding tert-OH is 1. The van der Waals surface area contributed by atoms with Crippen molar-refractivity contribution in [2.75, 3.05) is 11.9 Å². The molecule has 0 saturated carbocycles. The third-order valence-corrected chi connectivity index (χ3v) is 2.23. The Labute approximate surface area is 101 Å². The summed E-state index contributed by atoms with van der Waals surface area (Å²) in [5, 5.41) is 12.8. The summed E-state index contributed by atoms with van der Waals surface area (Å²) in [6.45, 7) is 8.34. The fourth-order valence-corrected chi connectivity index (χ4v) is 1.67. The second kappa shape index (κ2) is 5.31. The molecule has 1 aromatic heterocycles. The number of H-pyrrole nitrogens is 1. The van der Waals surface area contributed by atoms with Gasteiger partial charge in [-0.25, -0.2) is 4.98 Å². The lowest BCUT2D eigenvalue weighted by Crippen LogP contribution is -2.26. The number of aromatic amines is 1. The minimum Gasteiger partial charge on any atom is -0.391 e. The van der Waals surface area contributed by atoms with Crippen LogP contribution >= 0.6 is 0 Å². The number of aryl methyl sites for hydroxylation is 1. The van der Waals surface area contributed by atoms with Crippen LogP contribution < -0.4 is 10.9 Å². The molecule has 0 spiro atoms. The number of hydrogen-bond donors (Lipinski definition) is 3. The Morgan fingerprint density at radius 2 is 2.18 bits per heavy atom. The molecule has 1 rings (SSSR count). The van der Waals surface area contributed by atoms with Crippen molar-refractivity contribution in [2.45, 2.75) is 40.2 Å². The normalized spacial score (nSPS) is 13.5. The zero-order chi connectivity index (χ0) is 13.1. The van der Waals surface area contributed by atoms with Gasteiger partial charge in [0.2, 0.25) is 0 Å². The molecule has 0 aliphatic carbocycles. The van der Waals surface area contributed by atoms with Crippen molar-refractivity contribution >= 4 is 5.82 Å². The molecule has 0 aliphatic rings. The highest BCUT2D eigenvalue weighted by atomic mass is 16.3. The molecular formula is C12H21N3O2. The van der Waals surface area contributed by atoms with Crippen LogP contribution in [0.25, 0.3) is 0 Å². The number of nitrogens with one attached hydrogen (secondary N) is 2. The van der Waals surface area contributed by atoms with Crippen molar-refractivity contribution in [3.8, 4) is 0 Å². The maximum Gasteiger partial charge on any atom is 0.252 e. The van der Waals surface area contributed by atoms with Gasteiger partial charge in [0.25, 0.3) is 5.56 Å². The van der Waals surface area contributed by atoms with Crippen LogP contribution in [0.2, 0.25) is 0 Å². The summed E-state index contributed by atoms with van der Waals surface area (Å²) in [4.78, 5) is 17.9. The highest BCUT2D eigenvalue weighted by Gasteiger charge is 2.16. The molecule has 1 aromatic rings. The molecule has 0 radical (unpaired) electrons. The molecule has 0 amide bonds. The van der Waals surface area contributed by atoms with Gasteiger partial charge >= 0.3 is 0 Å². The van der Waals surface area contributed by atoms with Crippen molar-refractivity contribution in [3.63, 3.8) is 0 Å². The first-order chi connectivity index (χ1) is 7.76. The van der Waals surface area contributed by atoms with E-state index in [1.165, 1.54) is 6.07 Å². The van der Waals surface area contributed by atoms with Crippen LogP contribution in [0.1, 0.15) is 33.0 Å². The molecule has 0 saturated heterocycles. The SMILES string of the molecule is Cc1nc(NCC(O)CC(C)(C)C)cc(=O)[nH]1. The van der Waals surface area contributed by atoms with Gasteiger partial charge in [-0.05, 0) is 18.8 Å². The molecular weight excluding hydrogens is 218 g/mol. The number of aliphatic hydroxyl groups is 1. The van der Waals surface area contributed by atoms with Crippen LogP contribution in [-0.4, -0.2) is 27.7 Å². The number of nitrogens with zero attached hydrogens (tertiary/aromatic N) is 1. The van der Waals surface area contributed by atoms with Crippen molar-refractivity contribution in [2.24, 2.45) is 5.41 Å². The Bertz CT molecular complexity index is 420. The first-order valence-electron chi connectivity index (χ1n) is 5.76. The van der Waals surface area contributed by atoms with Crippen molar-refractivity contribution in [3.05, 3.63) is 22.2 Å². The standard InChI is InChI=1S/C12H21N3O2/c1-8-14-10(5-11(17)15-8)13-7-9(16)6-12(2,3)4/h5,9,16H,6-7H2,1-4H3,(H2,13,14,15,17). The Balaban J connectivity index is 2.53. The van der Waals surface area contributed by atoms with Gasteiger partial charge in [0, 0.05) is 12.6 Å². The summed E-state index contributed by atoms with van der Waals surface area (Å²) in [5.41, 5.74) is -0.108. The minimum atomic E-state index is -0.448. The summed E-state index contributed by atoms with van der Waals surface area (Å²) in [6, 6.07) is 1.39. The van der Waals surface area contributed by atoms with E-state index in [0.717, 1.165) is 0 Å². The van der Waals surface area contributed by atoms with Gasteiger partial charge in [-0.1, -0.05) is 20.8 Å². The van der Waals surface area contributed by atoms with E-state index in [4.69, 9.17) is 0 Å². The van der Waals surface area contributed by atoms with Gasteiger partial charge in [-0.15, -0.1) is 0 Å². The van der Waals surface area contributed by atoms with Crippen LogP contribution in [0.5, 0.6) is 0 Å². The molecule has 3 N–H and O–H groups in total. The lowest BCUT2D eigenvalue weighted by atomic mass is 9.89. The topological polar surface area (TPSA) is 78.0 Å². The minimum absolute atomic E-state index is 0.0819. The van der Waals surface area contributed by atoms with E-state index in [1.54, 1.807) is 6.92 Å². The van der Waals surface area contributed by atoms with E-state index in [0.29, 0.717) is 24.6 Å². The lowest BCUT2D eigenvalue weighted by Gasteiger charge is -2.22. The van der Waals surface area contributed by atoms with Crippen molar-refractivity contribution in [1.82, 2.24) is 9.97 Å². The van der Waals surface area contributed by atoms with Crippen LogP contribution in [-0.2, 0) is 0 Å². The summed E-state index contributed by atoms with van der Waals surface area (Å²) in [6.07, 6.45) is 0.249. The summed E-state index contributed by atoms with van der Waals surface area (Å²) < 4.78 is 0. The van der Waals surface area contributed by atoms with E-state index in [-0.39, 0.29) is 11.0 Å². The third-order valence-electron chi connectivity index (χ3n) is 2.23. The summed E-state index contributed by atoms with van der Waals surface area (Å²) >= 11 is 0. The first-order valence-corrected chi connectivity index (χ1v) is 5.76. The zero-order valence-corrected chi connectivity index (χ0v) is 10.9. The highest BCUT2D eigenvalue weighted by Crippen LogP contribution is 2.20. The van der Waals surface area contributed by atoms with Gasteiger partial charge in [0.1, 0.15) is 11.6 Å². The molecule has 0 aliphatic heterocycles. The van der Waals surface area contributed by atoms with Gasteiger partial charge < -0.3 is 15.4 Å². The Hall–Kier alpha value is -1.36. The predicted molar refractivity (Wildman–Crippen MR) is 68.2 cm³/mol. The molecule has 17 heavy (non-hydrogen) atoms. The van der Waals surface area contributed by atoms with E-state index in [9.17, 15) is 9.90 Å². The average Bonchev–Trinajstić information content (AvgIpc) is 2.10. The van der Waals surface area contributed by atoms with E-state index in [2.05, 4.69) is 36.1 Å². The largest absolute Gasteiger partial charge is 0.391 e. The molecule has 1 heterocycles. The summed E-state index contributed by atoms with van der Waals surface area (Å²) in [7, 11) is 0. The highest BCUT2D eigenvalue weighted by molar-refractivity contribution is 5.32. The molecule has 5 heteroatoms. The lowest BCUT2D eigenvalue weighted by molar-refractivity contribution is 0.132. The molecule has 1 atom stereocenters. The fraction of sp³-hybridized carbons (Fsp3) is 0.667. The maximum absolute atomic E-state index is 11.2. The average molecular weight is 239 g/mol. The van der Waals surface area contributed by atoms with Crippen LogP contribution in [0.3, 0.4) is 0 Å². The molecule has 1 unspecified atom stereocenters. The molecule has 0 aromatic carbocycles. The number of anilines is 1. The second-order valence-corrected chi connectivity index (χ2v) is 5.52. The third kappa shape index (κ3) is 5.49. The van der Waals surface area contributed by atoms with Gasteiger partial charge in [0.05, 0.1) is 6.10 Å². The Kier molecular flexibility index (Phi) is 4.28. The Morgan fingerprint density at radius 3 is 2.71 bits per heavy atom. The van der Waals surface area contributed by atoms with E-state index >= 15 is 0 Å². The quantitative estimate of drug-likeness (QED) is 0.739. The predicted octanol–water partition coefficient (Wildman–Crippen LogP) is 1.29. The van der Waals surface area contributed by atoms with Crippen molar-refractivity contribution in [1.29, 1.82) is 0 Å². The van der Waals surface area contributed by atoms with Gasteiger partial charge in [-0.2, -0.15) is 0 Å². The molecule has 0 fully saturated rings. The molecule has 5 nitrogen and oxygen atoms in total. The maximum atomic E-state index is 11.2. The van der Waals surface area contributed by atoms with Gasteiger partial charge in [0.15, 0.2) is 0 Å². The van der Waals surface area contributed by atoms with E-state index in [1.807, 2.05) is 0 Å². The molecule has 96 valence electrons. The zero-order valence-electron chi connectivity index (χ0n) is 10.9. The van der Waals surface area contributed by atoms with Crippen LogP contribution in [0.15, 0.2) is 10.9 Å². The smallest absolute Gasteiger partial charge is 0.252 e. The van der Waals surface area contributed by atoms with Crippen LogP contribution in [0, 0.1) is 12.3 Å². The molecule has 0 bridgehead atoms. The summed E-state index contributed by atoms with van der Waals surface area (Å²) in [5.74, 6) is 1.06. The number of aromatic nitrogens is 2. The van der Waals surface area contributed by atoms with Crippen LogP contribution in [0.4, 0.5) is 5.82 Å². The number of hydrogen-bond acceptors (Lipinski definition) is 4. The van der Waals surface area contributed by atoms with Gasteiger partial charge in [-0.3, -0.25) is 4.79 Å². The Morgan fingerprint density at radius 1 is 1.53 bits per heavy atom. The monoisotopic (exact) mass is 239 g/mol. The first kappa shape index (κ1) is 13.7.